The van der Waals surface area contributed by atoms with Gasteiger partial charge in [-0.3, -0.25) is 9.80 Å². The lowest BCUT2D eigenvalue weighted by atomic mass is 9.88. The molecule has 0 unspecified atom stereocenters. The van der Waals surface area contributed by atoms with Crippen LogP contribution < -0.4 is 15.5 Å². The van der Waals surface area contributed by atoms with Crippen molar-refractivity contribution >= 4 is 23.5 Å². The Bertz CT molecular complexity index is 508. The van der Waals surface area contributed by atoms with Crippen molar-refractivity contribution in [1.82, 2.24) is 0 Å². The summed E-state index contributed by atoms with van der Waals surface area (Å²) in [4.78, 5) is 25.1. The van der Waals surface area contributed by atoms with Crippen molar-refractivity contribution < 1.29 is 14.7 Å². The highest BCUT2D eigenvalue weighted by Gasteiger charge is 2.23. The lowest BCUT2D eigenvalue weighted by Gasteiger charge is -2.28. The van der Waals surface area contributed by atoms with Crippen LogP contribution in [-0.4, -0.2) is 31.3 Å². The van der Waals surface area contributed by atoms with Crippen molar-refractivity contribution in [2.45, 2.75) is 25.7 Å². The van der Waals surface area contributed by atoms with E-state index in [1.807, 2.05) is 0 Å². The normalized spacial score (nSPS) is 13.5. The van der Waals surface area contributed by atoms with Gasteiger partial charge in [-0.05, 0) is 48.9 Å². The largest absolute Gasteiger partial charge is 0.465 e. The molecule has 0 heterocycles. The lowest BCUT2D eigenvalue weighted by molar-refractivity contribution is 0.203. The number of carboxylic acid groups (broad SMARTS) is 1. The molecule has 0 saturated carbocycles. The molecule has 0 bridgehead atoms. The number of amides is 3. The minimum absolute atomic E-state index is 0.517. The van der Waals surface area contributed by atoms with Crippen LogP contribution in [0.4, 0.5) is 21.0 Å². The standard InChI is InChI=1S/C14H19N3O3/c1-16(13(15)18)11-7-8-12(17(2)14(19)20)10-6-4-3-5-9(10)11/h7-8H,3-6H2,1-2H3,(H2,15,18)(H,19,20). The zero-order valence-electron chi connectivity index (χ0n) is 11.7. The van der Waals surface area contributed by atoms with Gasteiger partial charge >= 0.3 is 12.1 Å². The molecule has 6 heteroatoms. The van der Waals surface area contributed by atoms with E-state index in [0.29, 0.717) is 5.69 Å². The minimum Gasteiger partial charge on any atom is -0.465 e. The Labute approximate surface area is 117 Å². The van der Waals surface area contributed by atoms with E-state index in [1.165, 1.54) is 16.8 Å². The maximum atomic E-state index is 11.4. The Hall–Kier alpha value is -2.24. The predicted molar refractivity (Wildman–Crippen MR) is 77.5 cm³/mol. The summed E-state index contributed by atoms with van der Waals surface area (Å²) < 4.78 is 0. The molecular weight excluding hydrogens is 258 g/mol. The molecule has 0 aromatic heterocycles. The highest BCUT2D eigenvalue weighted by atomic mass is 16.4. The second kappa shape index (κ2) is 5.40. The van der Waals surface area contributed by atoms with Crippen LogP contribution in [0.1, 0.15) is 24.0 Å². The number of anilines is 2. The van der Waals surface area contributed by atoms with Crippen molar-refractivity contribution in [2.24, 2.45) is 5.73 Å². The van der Waals surface area contributed by atoms with E-state index in [0.717, 1.165) is 42.5 Å². The molecule has 1 aromatic rings. The van der Waals surface area contributed by atoms with E-state index in [9.17, 15) is 9.59 Å². The summed E-state index contributed by atoms with van der Waals surface area (Å²) in [7, 11) is 3.16. The van der Waals surface area contributed by atoms with Crippen LogP contribution in [0.3, 0.4) is 0 Å². The van der Waals surface area contributed by atoms with Gasteiger partial charge in [0.25, 0.3) is 0 Å². The number of urea groups is 1. The molecule has 20 heavy (non-hydrogen) atoms. The second-order valence-corrected chi connectivity index (χ2v) is 5.01. The molecule has 3 amide bonds. The first-order valence-corrected chi connectivity index (χ1v) is 6.58. The summed E-state index contributed by atoms with van der Waals surface area (Å²) in [6.07, 6.45) is 2.73. The number of rotatable bonds is 2. The maximum Gasteiger partial charge on any atom is 0.411 e. The van der Waals surface area contributed by atoms with E-state index >= 15 is 0 Å². The summed E-state index contributed by atoms with van der Waals surface area (Å²) in [5.41, 5.74) is 8.83. The molecule has 3 N–H and O–H groups in total. The fraction of sp³-hybridized carbons (Fsp3) is 0.429. The summed E-state index contributed by atoms with van der Waals surface area (Å²) in [5, 5.41) is 9.15. The highest BCUT2D eigenvalue weighted by molar-refractivity contribution is 5.93. The van der Waals surface area contributed by atoms with Crippen LogP contribution in [0.25, 0.3) is 0 Å². The van der Waals surface area contributed by atoms with E-state index < -0.39 is 12.1 Å². The topological polar surface area (TPSA) is 86.9 Å². The van der Waals surface area contributed by atoms with Gasteiger partial charge in [-0.25, -0.2) is 9.59 Å². The van der Waals surface area contributed by atoms with Gasteiger partial charge in [-0.15, -0.1) is 0 Å². The van der Waals surface area contributed by atoms with Crippen molar-refractivity contribution in [3.05, 3.63) is 23.3 Å². The number of nitrogens with two attached hydrogens (primary N) is 1. The first-order chi connectivity index (χ1) is 9.43. The SMILES string of the molecule is CN(C(N)=O)c1ccc(N(C)C(=O)O)c2c1CCCC2. The van der Waals surface area contributed by atoms with Gasteiger partial charge in [0.2, 0.25) is 0 Å². The molecule has 6 nitrogen and oxygen atoms in total. The third-order valence-electron chi connectivity index (χ3n) is 3.83. The van der Waals surface area contributed by atoms with Gasteiger partial charge in [0.15, 0.2) is 0 Å². The molecular formula is C14H19N3O3. The average Bonchev–Trinajstić information content (AvgIpc) is 2.44. The molecule has 1 aliphatic rings. The monoisotopic (exact) mass is 277 g/mol. The Morgan fingerprint density at radius 1 is 1.05 bits per heavy atom. The van der Waals surface area contributed by atoms with E-state index in [-0.39, 0.29) is 0 Å². The Kier molecular flexibility index (Phi) is 3.83. The van der Waals surface area contributed by atoms with Crippen LogP contribution in [0.5, 0.6) is 0 Å². The number of carbonyl (C=O) groups excluding carboxylic acids is 1. The van der Waals surface area contributed by atoms with Gasteiger partial charge in [0.1, 0.15) is 0 Å². The van der Waals surface area contributed by atoms with Gasteiger partial charge in [0.05, 0.1) is 5.69 Å². The molecule has 0 atom stereocenters. The fourth-order valence-corrected chi connectivity index (χ4v) is 2.68. The Morgan fingerprint density at radius 2 is 1.50 bits per heavy atom. The smallest absolute Gasteiger partial charge is 0.411 e. The molecule has 1 aliphatic carbocycles. The van der Waals surface area contributed by atoms with Gasteiger partial charge in [0, 0.05) is 19.8 Å². The zero-order valence-corrected chi connectivity index (χ0v) is 11.7. The molecule has 0 aliphatic heterocycles. The third kappa shape index (κ3) is 2.41. The first kappa shape index (κ1) is 14.2. The number of benzene rings is 1. The highest BCUT2D eigenvalue weighted by Crippen LogP contribution is 2.36. The number of carbonyl (C=O) groups is 2. The van der Waals surface area contributed by atoms with Crippen LogP contribution in [-0.2, 0) is 12.8 Å². The quantitative estimate of drug-likeness (QED) is 0.868. The van der Waals surface area contributed by atoms with Crippen LogP contribution in [0.2, 0.25) is 0 Å². The molecule has 108 valence electrons. The number of hydrogen-bond acceptors (Lipinski definition) is 2. The number of hydrogen-bond donors (Lipinski definition) is 2. The third-order valence-corrected chi connectivity index (χ3v) is 3.83. The average molecular weight is 277 g/mol. The van der Waals surface area contributed by atoms with Gasteiger partial charge in [-0.2, -0.15) is 0 Å². The Morgan fingerprint density at radius 3 is 1.90 bits per heavy atom. The first-order valence-electron chi connectivity index (χ1n) is 6.58. The molecule has 0 fully saturated rings. The summed E-state index contributed by atoms with van der Waals surface area (Å²) in [5.74, 6) is 0. The molecule has 0 radical (unpaired) electrons. The summed E-state index contributed by atoms with van der Waals surface area (Å²) in [6.45, 7) is 0. The summed E-state index contributed by atoms with van der Waals surface area (Å²) >= 11 is 0. The second-order valence-electron chi connectivity index (χ2n) is 5.01. The number of nitrogens with zero attached hydrogens (tertiary/aromatic N) is 2. The van der Waals surface area contributed by atoms with Crippen LogP contribution in [0.15, 0.2) is 12.1 Å². The summed E-state index contributed by atoms with van der Waals surface area (Å²) in [6, 6.07) is 2.99. The van der Waals surface area contributed by atoms with Gasteiger partial charge < -0.3 is 10.8 Å². The molecule has 2 rings (SSSR count). The van der Waals surface area contributed by atoms with E-state index in [2.05, 4.69) is 0 Å². The minimum atomic E-state index is -0.992. The lowest BCUT2D eigenvalue weighted by Crippen LogP contribution is -2.33. The van der Waals surface area contributed by atoms with Crippen LogP contribution >= 0.6 is 0 Å². The van der Waals surface area contributed by atoms with Crippen molar-refractivity contribution in [3.8, 4) is 0 Å². The van der Waals surface area contributed by atoms with Gasteiger partial charge in [-0.1, -0.05) is 0 Å². The van der Waals surface area contributed by atoms with E-state index in [1.54, 1.807) is 19.2 Å². The van der Waals surface area contributed by atoms with Crippen molar-refractivity contribution in [2.75, 3.05) is 23.9 Å². The molecule has 0 spiro atoms. The number of fused-ring (bicyclic) bond motifs is 1. The fourth-order valence-electron chi connectivity index (χ4n) is 2.68. The predicted octanol–water partition coefficient (Wildman–Crippen LogP) is 2.19. The van der Waals surface area contributed by atoms with Crippen LogP contribution in [0, 0.1) is 0 Å². The molecule has 0 saturated heterocycles. The molecule has 1 aromatic carbocycles. The van der Waals surface area contributed by atoms with E-state index in [4.69, 9.17) is 10.8 Å². The van der Waals surface area contributed by atoms with Crippen molar-refractivity contribution in [1.29, 1.82) is 0 Å². The Balaban J connectivity index is 2.55. The zero-order chi connectivity index (χ0) is 14.9. The number of primary amides is 1. The maximum absolute atomic E-state index is 11.4. The van der Waals surface area contributed by atoms with Crippen molar-refractivity contribution in [3.63, 3.8) is 0 Å².